The molecule has 7 heteroatoms. The van der Waals surface area contributed by atoms with Crippen molar-refractivity contribution < 1.29 is 14.3 Å². The van der Waals surface area contributed by atoms with Crippen LogP contribution >= 0.6 is 23.6 Å². The van der Waals surface area contributed by atoms with Crippen LogP contribution in [-0.2, 0) is 9.53 Å². The van der Waals surface area contributed by atoms with Gasteiger partial charge in [-0.1, -0.05) is 0 Å². The number of benzene rings is 1. The Balaban J connectivity index is 1.98. The van der Waals surface area contributed by atoms with Crippen LogP contribution in [0.2, 0.25) is 0 Å². The number of hydrogen-bond acceptors (Lipinski definition) is 5. The topological polar surface area (TPSA) is 58.6 Å². The average molecular weight is 334 g/mol. The molecule has 1 atom stereocenters. The summed E-state index contributed by atoms with van der Waals surface area (Å²) in [5, 5.41) is 4.23. The Hall–Kier alpha value is -1.99. The van der Waals surface area contributed by atoms with Gasteiger partial charge in [-0.25, -0.2) is 4.79 Å². The van der Waals surface area contributed by atoms with Gasteiger partial charge in [-0.15, -0.1) is 11.3 Å². The molecule has 1 unspecified atom stereocenters. The molecule has 1 N–H and O–H groups in total. The summed E-state index contributed by atoms with van der Waals surface area (Å²) in [5.41, 5.74) is 0.701. The van der Waals surface area contributed by atoms with E-state index in [2.05, 4.69) is 5.32 Å². The molecule has 1 aromatic heterocycles. The van der Waals surface area contributed by atoms with Crippen LogP contribution in [-0.4, -0.2) is 29.6 Å². The summed E-state index contributed by atoms with van der Waals surface area (Å²) in [5.74, 6) is -0.404. The lowest BCUT2D eigenvalue weighted by molar-refractivity contribution is -0.117. The average Bonchev–Trinajstić information content (AvgIpc) is 3.00. The first kappa shape index (κ1) is 14.9. The van der Waals surface area contributed by atoms with Crippen LogP contribution in [0.25, 0.3) is 10.1 Å². The van der Waals surface area contributed by atoms with Gasteiger partial charge in [-0.05, 0) is 55.7 Å². The summed E-state index contributed by atoms with van der Waals surface area (Å²) in [6, 6.07) is 7.04. The van der Waals surface area contributed by atoms with Crippen LogP contribution < -0.4 is 10.2 Å². The van der Waals surface area contributed by atoms with E-state index in [0.717, 1.165) is 10.1 Å². The quantitative estimate of drug-likeness (QED) is 0.691. The third kappa shape index (κ3) is 2.46. The first-order valence-electron chi connectivity index (χ1n) is 6.86. The number of carbonyl (C=O) groups is 2. The number of amides is 1. The molecular weight excluding hydrogens is 320 g/mol. The fourth-order valence-corrected chi connectivity index (χ4v) is 3.63. The SMILES string of the molecule is CCOC(=O)c1cc2cc(N3C(=O)C(C)NC3=S)ccc2s1. The number of esters is 1. The Bertz CT molecular complexity index is 784. The molecule has 5 nitrogen and oxygen atoms in total. The summed E-state index contributed by atoms with van der Waals surface area (Å²) in [7, 11) is 0. The second kappa shape index (κ2) is 5.66. The Kier molecular flexibility index (Phi) is 3.84. The summed E-state index contributed by atoms with van der Waals surface area (Å²) in [6.07, 6.45) is 0. The molecule has 1 saturated heterocycles. The van der Waals surface area contributed by atoms with Gasteiger partial charge in [-0.2, -0.15) is 0 Å². The highest BCUT2D eigenvalue weighted by Gasteiger charge is 2.33. The molecule has 22 heavy (non-hydrogen) atoms. The predicted octanol–water partition coefficient (Wildman–Crippen LogP) is 2.69. The number of fused-ring (bicyclic) bond motifs is 1. The molecule has 1 aliphatic rings. The minimum atomic E-state index is -0.326. The molecule has 2 aromatic rings. The van der Waals surface area contributed by atoms with Crippen LogP contribution in [0.4, 0.5) is 5.69 Å². The number of ether oxygens (including phenoxy) is 1. The highest BCUT2D eigenvalue weighted by molar-refractivity contribution is 7.80. The van der Waals surface area contributed by atoms with Crippen LogP contribution in [0, 0.1) is 0 Å². The van der Waals surface area contributed by atoms with E-state index in [4.69, 9.17) is 17.0 Å². The largest absolute Gasteiger partial charge is 0.462 e. The van der Waals surface area contributed by atoms with Crippen molar-refractivity contribution in [2.24, 2.45) is 0 Å². The lowest BCUT2D eigenvalue weighted by atomic mass is 10.2. The Morgan fingerprint density at radius 2 is 2.23 bits per heavy atom. The van der Waals surface area contributed by atoms with E-state index >= 15 is 0 Å². The van der Waals surface area contributed by atoms with Crippen molar-refractivity contribution in [3.05, 3.63) is 29.1 Å². The minimum absolute atomic E-state index is 0.0785. The van der Waals surface area contributed by atoms with Crippen LogP contribution in [0.5, 0.6) is 0 Å². The third-order valence-corrected chi connectivity index (χ3v) is 4.77. The molecule has 0 spiro atoms. The Morgan fingerprint density at radius 3 is 2.86 bits per heavy atom. The Labute approximate surface area is 136 Å². The van der Waals surface area contributed by atoms with Crippen molar-refractivity contribution in [1.82, 2.24) is 5.32 Å². The van der Waals surface area contributed by atoms with Gasteiger partial charge >= 0.3 is 5.97 Å². The number of thiocarbonyl (C=S) groups is 1. The van der Waals surface area contributed by atoms with Crippen molar-refractivity contribution in [2.75, 3.05) is 11.5 Å². The molecule has 0 bridgehead atoms. The predicted molar refractivity (Wildman–Crippen MR) is 90.5 cm³/mol. The van der Waals surface area contributed by atoms with E-state index in [9.17, 15) is 9.59 Å². The number of carbonyl (C=O) groups excluding carboxylic acids is 2. The number of thiophene rings is 1. The minimum Gasteiger partial charge on any atom is -0.462 e. The molecular formula is C15H14N2O3S2. The molecule has 0 saturated carbocycles. The Morgan fingerprint density at radius 1 is 1.45 bits per heavy atom. The van der Waals surface area contributed by atoms with Gasteiger partial charge in [0.15, 0.2) is 5.11 Å². The fourth-order valence-electron chi connectivity index (χ4n) is 2.32. The van der Waals surface area contributed by atoms with Gasteiger partial charge in [0.1, 0.15) is 10.9 Å². The zero-order valence-electron chi connectivity index (χ0n) is 12.1. The van der Waals surface area contributed by atoms with Crippen molar-refractivity contribution in [3.63, 3.8) is 0 Å². The van der Waals surface area contributed by atoms with Gasteiger partial charge in [-0.3, -0.25) is 9.69 Å². The van der Waals surface area contributed by atoms with E-state index in [1.165, 1.54) is 16.2 Å². The van der Waals surface area contributed by atoms with Gasteiger partial charge in [0.25, 0.3) is 5.91 Å². The summed E-state index contributed by atoms with van der Waals surface area (Å²) >= 11 is 6.58. The lowest BCUT2D eigenvalue weighted by Gasteiger charge is -2.14. The van der Waals surface area contributed by atoms with Gasteiger partial charge in [0.05, 0.1) is 12.3 Å². The van der Waals surface area contributed by atoms with Crippen molar-refractivity contribution in [3.8, 4) is 0 Å². The molecule has 114 valence electrons. The maximum Gasteiger partial charge on any atom is 0.348 e. The molecule has 1 aliphatic heterocycles. The zero-order valence-corrected chi connectivity index (χ0v) is 13.7. The number of rotatable bonds is 3. The molecule has 1 fully saturated rings. The molecule has 2 heterocycles. The van der Waals surface area contributed by atoms with E-state index < -0.39 is 0 Å². The molecule has 0 aliphatic carbocycles. The number of hydrogen-bond donors (Lipinski definition) is 1. The van der Waals surface area contributed by atoms with E-state index in [-0.39, 0.29) is 17.9 Å². The summed E-state index contributed by atoms with van der Waals surface area (Å²) in [4.78, 5) is 26.0. The van der Waals surface area contributed by atoms with Crippen molar-refractivity contribution >= 4 is 56.3 Å². The summed E-state index contributed by atoms with van der Waals surface area (Å²) < 4.78 is 5.98. The van der Waals surface area contributed by atoms with Crippen molar-refractivity contribution in [1.29, 1.82) is 0 Å². The van der Waals surface area contributed by atoms with E-state index in [1.54, 1.807) is 19.9 Å². The summed E-state index contributed by atoms with van der Waals surface area (Å²) in [6.45, 7) is 3.90. The molecule has 1 amide bonds. The smallest absolute Gasteiger partial charge is 0.348 e. The fraction of sp³-hybridized carbons (Fsp3) is 0.267. The highest BCUT2D eigenvalue weighted by Crippen LogP contribution is 2.31. The number of nitrogens with one attached hydrogen (secondary N) is 1. The maximum absolute atomic E-state index is 12.2. The molecule has 0 radical (unpaired) electrons. The highest BCUT2D eigenvalue weighted by atomic mass is 32.1. The first-order chi connectivity index (χ1) is 10.5. The van der Waals surface area contributed by atoms with E-state index in [1.807, 2.05) is 18.2 Å². The van der Waals surface area contributed by atoms with Crippen LogP contribution in [0.3, 0.4) is 0 Å². The monoisotopic (exact) mass is 334 g/mol. The lowest BCUT2D eigenvalue weighted by Crippen LogP contribution is -2.30. The zero-order chi connectivity index (χ0) is 15.9. The third-order valence-electron chi connectivity index (χ3n) is 3.37. The normalized spacial score (nSPS) is 17.9. The van der Waals surface area contributed by atoms with Crippen molar-refractivity contribution in [2.45, 2.75) is 19.9 Å². The second-order valence-electron chi connectivity index (χ2n) is 4.90. The van der Waals surface area contributed by atoms with E-state index in [0.29, 0.717) is 22.3 Å². The number of nitrogens with zero attached hydrogens (tertiary/aromatic N) is 1. The van der Waals surface area contributed by atoms with Crippen LogP contribution in [0.15, 0.2) is 24.3 Å². The van der Waals surface area contributed by atoms with Gasteiger partial charge in [0.2, 0.25) is 0 Å². The maximum atomic E-state index is 12.2. The number of anilines is 1. The molecule has 3 rings (SSSR count). The first-order valence-corrected chi connectivity index (χ1v) is 8.09. The molecule has 1 aromatic carbocycles. The van der Waals surface area contributed by atoms with Gasteiger partial charge in [0, 0.05) is 4.70 Å². The van der Waals surface area contributed by atoms with Crippen LogP contribution in [0.1, 0.15) is 23.5 Å². The second-order valence-corrected chi connectivity index (χ2v) is 6.37. The van der Waals surface area contributed by atoms with Gasteiger partial charge < -0.3 is 10.1 Å². The standard InChI is InChI=1S/C15H14N2O3S2/c1-3-20-14(19)12-7-9-6-10(4-5-11(9)22-12)17-13(18)8(2)16-15(17)21/h4-8H,3H2,1-2H3,(H,16,21).